The molecular weight excluding hydrogens is 400 g/mol. The molecule has 1 aromatic heterocycles. The number of hydrogen-bond donors (Lipinski definition) is 2. The highest BCUT2D eigenvalue weighted by Crippen LogP contribution is 2.39. The van der Waals surface area contributed by atoms with Crippen LogP contribution in [-0.2, 0) is 11.2 Å². The lowest BCUT2D eigenvalue weighted by Crippen LogP contribution is -2.53. The molecular formula is C23H33ClN4O2. The number of hydrogen-bond acceptors (Lipinski definition) is 5. The van der Waals surface area contributed by atoms with E-state index in [2.05, 4.69) is 41.4 Å². The van der Waals surface area contributed by atoms with E-state index in [9.17, 15) is 4.79 Å². The number of aromatic nitrogens is 2. The van der Waals surface area contributed by atoms with Crippen molar-refractivity contribution in [2.24, 2.45) is 17.6 Å². The summed E-state index contributed by atoms with van der Waals surface area (Å²) in [5.74, 6) is 2.71. The van der Waals surface area contributed by atoms with Gasteiger partial charge in [-0.1, -0.05) is 49.7 Å². The normalized spacial score (nSPS) is 25.6. The van der Waals surface area contributed by atoms with Gasteiger partial charge in [0.2, 0.25) is 17.6 Å². The molecule has 2 aromatic rings. The van der Waals surface area contributed by atoms with Crippen molar-refractivity contribution in [3.05, 3.63) is 35.7 Å². The molecule has 2 bridgehead atoms. The van der Waals surface area contributed by atoms with Crippen molar-refractivity contribution in [2.45, 2.75) is 76.8 Å². The van der Waals surface area contributed by atoms with E-state index in [-0.39, 0.29) is 24.4 Å². The summed E-state index contributed by atoms with van der Waals surface area (Å²) in [7, 11) is 0. The zero-order valence-electron chi connectivity index (χ0n) is 17.8. The molecule has 2 unspecified atom stereocenters. The van der Waals surface area contributed by atoms with Gasteiger partial charge in [-0.2, -0.15) is 4.98 Å². The van der Waals surface area contributed by atoms with Crippen molar-refractivity contribution >= 4 is 18.3 Å². The molecule has 1 heterocycles. The predicted octanol–water partition coefficient (Wildman–Crippen LogP) is 4.24. The number of nitrogens with two attached hydrogens (primary N) is 1. The Labute approximate surface area is 184 Å². The molecule has 0 radical (unpaired) electrons. The lowest BCUT2D eigenvalue weighted by Gasteiger charge is -2.45. The fraction of sp³-hybridized carbons (Fsp3) is 0.609. The Morgan fingerprint density at radius 3 is 2.50 bits per heavy atom. The van der Waals surface area contributed by atoms with Crippen LogP contribution in [-0.4, -0.2) is 28.1 Å². The Balaban J connectivity index is 0.00000256. The lowest BCUT2D eigenvalue weighted by atomic mass is 9.67. The number of rotatable bonds is 6. The van der Waals surface area contributed by atoms with Crippen molar-refractivity contribution in [1.29, 1.82) is 0 Å². The standard InChI is InChI=1S/C23H32N4O2.ClH/c1-14(2)15-6-8-16(9-7-15)23-26-21(29-27-23)11-10-20(28)25-22-17-4-3-5-18(22)13-19(24)12-17;/h6-9,14,17-19,22H,3-5,10-13,24H2,1-2H3,(H,25,28);1H. The monoisotopic (exact) mass is 432 g/mol. The van der Waals surface area contributed by atoms with E-state index in [1.54, 1.807) is 0 Å². The molecule has 0 saturated heterocycles. The Morgan fingerprint density at radius 1 is 1.20 bits per heavy atom. The van der Waals surface area contributed by atoms with Gasteiger partial charge in [-0.05, 0) is 49.0 Å². The molecule has 6 nitrogen and oxygen atoms in total. The minimum atomic E-state index is 0. The summed E-state index contributed by atoms with van der Waals surface area (Å²) in [5, 5.41) is 7.36. The summed E-state index contributed by atoms with van der Waals surface area (Å²) in [5.41, 5.74) is 8.40. The number of nitrogens with one attached hydrogen (secondary N) is 1. The average Bonchev–Trinajstić information content (AvgIpc) is 3.16. The van der Waals surface area contributed by atoms with Crippen LogP contribution in [0.2, 0.25) is 0 Å². The quantitative estimate of drug-likeness (QED) is 0.712. The van der Waals surface area contributed by atoms with Gasteiger partial charge in [-0.25, -0.2) is 0 Å². The summed E-state index contributed by atoms with van der Waals surface area (Å²) in [6.07, 6.45) is 6.52. The molecule has 164 valence electrons. The first-order valence-corrected chi connectivity index (χ1v) is 11.0. The molecule has 4 rings (SSSR count). The minimum absolute atomic E-state index is 0. The molecule has 2 atom stereocenters. The highest BCUT2D eigenvalue weighted by molar-refractivity contribution is 5.85. The van der Waals surface area contributed by atoms with Gasteiger partial charge in [0.25, 0.3) is 0 Å². The number of nitrogens with zero attached hydrogens (tertiary/aromatic N) is 2. The van der Waals surface area contributed by atoms with Gasteiger partial charge >= 0.3 is 0 Å². The van der Waals surface area contributed by atoms with Crippen LogP contribution >= 0.6 is 12.4 Å². The molecule has 2 aliphatic rings. The topological polar surface area (TPSA) is 94.0 Å². The highest BCUT2D eigenvalue weighted by Gasteiger charge is 2.39. The number of benzene rings is 1. The van der Waals surface area contributed by atoms with Gasteiger partial charge < -0.3 is 15.6 Å². The van der Waals surface area contributed by atoms with Crippen LogP contribution in [0, 0.1) is 11.8 Å². The largest absolute Gasteiger partial charge is 0.353 e. The first-order valence-electron chi connectivity index (χ1n) is 11.0. The smallest absolute Gasteiger partial charge is 0.227 e. The van der Waals surface area contributed by atoms with Gasteiger partial charge in [0, 0.05) is 30.5 Å². The van der Waals surface area contributed by atoms with Crippen molar-refractivity contribution in [2.75, 3.05) is 0 Å². The van der Waals surface area contributed by atoms with Gasteiger partial charge in [-0.3, -0.25) is 4.79 Å². The Bertz CT molecular complexity index is 822. The van der Waals surface area contributed by atoms with E-state index in [1.807, 2.05) is 12.1 Å². The third-order valence-corrected chi connectivity index (χ3v) is 6.57. The Kier molecular flexibility index (Phi) is 7.53. The SMILES string of the molecule is CC(C)c1ccc(-c2noc(CCC(=O)NC3C4CCCC3CC(N)C4)n2)cc1.Cl. The molecule has 0 aliphatic heterocycles. The van der Waals surface area contributed by atoms with Crippen molar-refractivity contribution in [1.82, 2.24) is 15.5 Å². The predicted molar refractivity (Wildman–Crippen MR) is 119 cm³/mol. The van der Waals surface area contributed by atoms with E-state index in [4.69, 9.17) is 10.3 Å². The molecule has 30 heavy (non-hydrogen) atoms. The summed E-state index contributed by atoms with van der Waals surface area (Å²) in [6.45, 7) is 4.34. The van der Waals surface area contributed by atoms with Crippen molar-refractivity contribution < 1.29 is 9.32 Å². The van der Waals surface area contributed by atoms with Gasteiger partial charge in [0.15, 0.2) is 0 Å². The second-order valence-corrected chi connectivity index (χ2v) is 9.06. The number of aryl methyl sites for hydroxylation is 1. The Morgan fingerprint density at radius 2 is 1.87 bits per heavy atom. The molecule has 2 saturated carbocycles. The second-order valence-electron chi connectivity index (χ2n) is 9.06. The number of fused-ring (bicyclic) bond motifs is 2. The average molecular weight is 433 g/mol. The maximum atomic E-state index is 12.5. The van der Waals surface area contributed by atoms with Crippen LogP contribution in [0.3, 0.4) is 0 Å². The van der Waals surface area contributed by atoms with E-state index < -0.39 is 0 Å². The van der Waals surface area contributed by atoms with E-state index in [1.165, 1.54) is 24.8 Å². The number of carbonyl (C=O) groups excluding carboxylic acids is 1. The fourth-order valence-corrected chi connectivity index (χ4v) is 4.99. The number of halogens is 1. The van der Waals surface area contributed by atoms with Crippen LogP contribution in [0.4, 0.5) is 0 Å². The summed E-state index contributed by atoms with van der Waals surface area (Å²) < 4.78 is 5.37. The number of amides is 1. The summed E-state index contributed by atoms with van der Waals surface area (Å²) in [4.78, 5) is 17.0. The molecule has 1 amide bonds. The van der Waals surface area contributed by atoms with E-state index in [0.29, 0.717) is 48.4 Å². The zero-order valence-corrected chi connectivity index (χ0v) is 18.7. The fourth-order valence-electron chi connectivity index (χ4n) is 4.99. The first-order chi connectivity index (χ1) is 14.0. The molecule has 1 aromatic carbocycles. The first kappa shape index (κ1) is 22.8. The van der Waals surface area contributed by atoms with E-state index >= 15 is 0 Å². The molecule has 0 spiro atoms. The van der Waals surface area contributed by atoms with Crippen molar-refractivity contribution in [3.63, 3.8) is 0 Å². The summed E-state index contributed by atoms with van der Waals surface area (Å²) in [6, 6.07) is 8.80. The van der Waals surface area contributed by atoms with Crippen LogP contribution < -0.4 is 11.1 Å². The molecule has 2 fully saturated rings. The van der Waals surface area contributed by atoms with Gasteiger partial charge in [0.05, 0.1) is 0 Å². The molecule has 7 heteroatoms. The maximum absolute atomic E-state index is 12.5. The van der Waals surface area contributed by atoms with Crippen LogP contribution in [0.25, 0.3) is 11.4 Å². The maximum Gasteiger partial charge on any atom is 0.227 e. The molecule has 3 N–H and O–H groups in total. The number of carbonyl (C=O) groups is 1. The minimum Gasteiger partial charge on any atom is -0.353 e. The Hall–Kier alpha value is -1.92. The third kappa shape index (κ3) is 5.22. The van der Waals surface area contributed by atoms with Gasteiger partial charge in [-0.15, -0.1) is 12.4 Å². The lowest BCUT2D eigenvalue weighted by molar-refractivity contribution is -0.123. The zero-order chi connectivity index (χ0) is 20.4. The molecule has 2 aliphatic carbocycles. The third-order valence-electron chi connectivity index (χ3n) is 6.57. The van der Waals surface area contributed by atoms with Gasteiger partial charge in [0.1, 0.15) is 0 Å². The second kappa shape index (κ2) is 9.92. The van der Waals surface area contributed by atoms with E-state index in [0.717, 1.165) is 18.4 Å². The van der Waals surface area contributed by atoms with Crippen LogP contribution in [0.15, 0.2) is 28.8 Å². The van der Waals surface area contributed by atoms with Crippen molar-refractivity contribution in [3.8, 4) is 11.4 Å². The van der Waals surface area contributed by atoms with Crippen LogP contribution in [0.1, 0.15) is 69.7 Å². The van der Waals surface area contributed by atoms with Crippen LogP contribution in [0.5, 0.6) is 0 Å². The highest BCUT2D eigenvalue weighted by atomic mass is 35.5. The summed E-state index contributed by atoms with van der Waals surface area (Å²) >= 11 is 0.